The van der Waals surface area contributed by atoms with Crippen molar-refractivity contribution in [3.05, 3.63) is 0 Å². The average molecular weight is 242 g/mol. The average Bonchev–Trinajstić information content (AvgIpc) is 2.24. The van der Waals surface area contributed by atoms with Crippen LogP contribution in [0.1, 0.15) is 33.6 Å². The lowest BCUT2D eigenvalue weighted by atomic mass is 9.91. The van der Waals surface area contributed by atoms with E-state index in [1.807, 2.05) is 6.92 Å². The van der Waals surface area contributed by atoms with Crippen molar-refractivity contribution in [3.8, 4) is 0 Å². The van der Waals surface area contributed by atoms with Gasteiger partial charge in [0.2, 0.25) is 5.91 Å². The van der Waals surface area contributed by atoms with Crippen LogP contribution in [-0.2, 0) is 9.59 Å². The van der Waals surface area contributed by atoms with Crippen LogP contribution in [0.5, 0.6) is 0 Å². The summed E-state index contributed by atoms with van der Waals surface area (Å²) in [6.07, 6.45) is 1.55. The quantitative estimate of drug-likeness (QED) is 0.674. The fraction of sp³-hybridized carbons (Fsp3) is 0.833. The number of carboxylic acid groups (broad SMARTS) is 1. The first-order valence-electron chi connectivity index (χ1n) is 6.18. The Morgan fingerprint density at radius 2 is 2.06 bits per heavy atom. The molecule has 0 spiro atoms. The summed E-state index contributed by atoms with van der Waals surface area (Å²) in [6, 6.07) is -0.463. The van der Waals surface area contributed by atoms with Gasteiger partial charge in [0.1, 0.15) is 6.04 Å². The lowest BCUT2D eigenvalue weighted by Crippen LogP contribution is -2.49. The molecule has 1 saturated heterocycles. The Bertz CT molecular complexity index is 291. The van der Waals surface area contributed by atoms with Gasteiger partial charge < -0.3 is 15.7 Å². The minimum absolute atomic E-state index is 0.0631. The number of hydrogen-bond acceptors (Lipinski definition) is 3. The van der Waals surface area contributed by atoms with Gasteiger partial charge in [-0.3, -0.25) is 4.79 Å². The molecule has 1 rings (SSSR count). The van der Waals surface area contributed by atoms with E-state index in [0.29, 0.717) is 6.04 Å². The minimum atomic E-state index is -0.963. The van der Waals surface area contributed by atoms with Gasteiger partial charge >= 0.3 is 5.97 Å². The number of aliphatic carboxylic acids is 1. The molecule has 0 aliphatic carbocycles. The van der Waals surface area contributed by atoms with Crippen LogP contribution in [0.25, 0.3) is 0 Å². The zero-order valence-corrected chi connectivity index (χ0v) is 10.7. The first-order chi connectivity index (χ1) is 7.91. The maximum absolute atomic E-state index is 12.0. The van der Waals surface area contributed by atoms with Crippen molar-refractivity contribution in [2.75, 3.05) is 6.54 Å². The fourth-order valence-electron chi connectivity index (χ4n) is 2.15. The lowest BCUT2D eigenvalue weighted by Gasteiger charge is -2.28. The predicted octanol–water partition coefficient (Wildman–Crippen LogP) is 0.600. The second-order valence-corrected chi connectivity index (χ2v) is 5.14. The molecule has 5 nitrogen and oxygen atoms in total. The zero-order chi connectivity index (χ0) is 13.0. The number of carbonyl (C=O) groups is 2. The zero-order valence-electron chi connectivity index (χ0n) is 10.7. The normalized spacial score (nSPS) is 26.6. The molecule has 0 aromatic rings. The molecule has 1 aliphatic rings. The van der Waals surface area contributed by atoms with Crippen LogP contribution in [0.15, 0.2) is 0 Å². The second-order valence-electron chi connectivity index (χ2n) is 5.14. The Morgan fingerprint density at radius 1 is 1.41 bits per heavy atom. The highest BCUT2D eigenvalue weighted by Crippen LogP contribution is 2.16. The van der Waals surface area contributed by atoms with E-state index in [-0.39, 0.29) is 17.7 Å². The lowest BCUT2D eigenvalue weighted by molar-refractivity contribution is -0.144. The van der Waals surface area contributed by atoms with Crippen molar-refractivity contribution in [1.29, 1.82) is 0 Å². The summed E-state index contributed by atoms with van der Waals surface area (Å²) < 4.78 is 0. The predicted molar refractivity (Wildman–Crippen MR) is 64.6 cm³/mol. The number of hydrogen-bond donors (Lipinski definition) is 3. The van der Waals surface area contributed by atoms with E-state index < -0.39 is 12.0 Å². The smallest absolute Gasteiger partial charge is 0.326 e. The number of carbonyl (C=O) groups excluding carboxylic acids is 1. The molecule has 2 unspecified atom stereocenters. The molecule has 3 N–H and O–H groups in total. The Hall–Kier alpha value is -1.10. The standard InChI is InChI=1S/C12H22N2O3/c1-7(2)10(12(16)17)14-11(15)9-4-5-13-8(3)6-9/h7-10,13H,4-6H2,1-3H3,(H,14,15)(H,16,17)/t8?,9?,10-/m0/s1. The van der Waals surface area contributed by atoms with Crippen molar-refractivity contribution in [2.24, 2.45) is 11.8 Å². The van der Waals surface area contributed by atoms with Gasteiger partial charge in [-0.05, 0) is 32.2 Å². The molecule has 1 aliphatic heterocycles. The Kier molecular flexibility index (Phi) is 4.93. The van der Waals surface area contributed by atoms with E-state index in [2.05, 4.69) is 10.6 Å². The van der Waals surface area contributed by atoms with Crippen LogP contribution in [0.4, 0.5) is 0 Å². The molecule has 0 bridgehead atoms. The Morgan fingerprint density at radius 3 is 2.53 bits per heavy atom. The number of carboxylic acids is 1. The second kappa shape index (κ2) is 6.00. The van der Waals surface area contributed by atoms with Gasteiger partial charge in [-0.25, -0.2) is 4.79 Å². The largest absolute Gasteiger partial charge is 0.480 e. The molecule has 5 heteroatoms. The third kappa shape index (κ3) is 4.00. The van der Waals surface area contributed by atoms with Gasteiger partial charge in [-0.2, -0.15) is 0 Å². The van der Waals surface area contributed by atoms with Gasteiger partial charge in [0, 0.05) is 12.0 Å². The van der Waals surface area contributed by atoms with Gasteiger partial charge in [0.25, 0.3) is 0 Å². The summed E-state index contributed by atoms with van der Waals surface area (Å²) in [7, 11) is 0. The molecule has 0 radical (unpaired) electrons. The molecular weight excluding hydrogens is 220 g/mol. The van der Waals surface area contributed by atoms with Gasteiger partial charge in [-0.1, -0.05) is 13.8 Å². The van der Waals surface area contributed by atoms with Crippen molar-refractivity contribution < 1.29 is 14.7 Å². The molecule has 1 heterocycles. The van der Waals surface area contributed by atoms with Crippen LogP contribution in [0.3, 0.4) is 0 Å². The summed E-state index contributed by atoms with van der Waals surface area (Å²) in [6.45, 7) is 6.45. The molecular formula is C12H22N2O3. The Labute approximate surface area is 102 Å². The van der Waals surface area contributed by atoms with Gasteiger partial charge in [-0.15, -0.1) is 0 Å². The number of piperidine rings is 1. The van der Waals surface area contributed by atoms with E-state index in [4.69, 9.17) is 5.11 Å². The summed E-state index contributed by atoms with van der Waals surface area (Å²) in [5.41, 5.74) is 0. The topological polar surface area (TPSA) is 78.4 Å². The van der Waals surface area contributed by atoms with Crippen LogP contribution in [-0.4, -0.2) is 35.6 Å². The van der Waals surface area contributed by atoms with Crippen LogP contribution < -0.4 is 10.6 Å². The molecule has 3 atom stereocenters. The van der Waals surface area contributed by atoms with E-state index in [1.54, 1.807) is 13.8 Å². The molecule has 98 valence electrons. The van der Waals surface area contributed by atoms with Gasteiger partial charge in [0.05, 0.1) is 0 Å². The van der Waals surface area contributed by atoms with Crippen molar-refractivity contribution in [3.63, 3.8) is 0 Å². The summed E-state index contributed by atoms with van der Waals surface area (Å²) in [5, 5.41) is 14.9. The van der Waals surface area contributed by atoms with Crippen LogP contribution >= 0.6 is 0 Å². The molecule has 0 aromatic heterocycles. The molecule has 1 fully saturated rings. The highest BCUT2D eigenvalue weighted by molar-refractivity contribution is 5.85. The third-order valence-corrected chi connectivity index (χ3v) is 3.22. The third-order valence-electron chi connectivity index (χ3n) is 3.22. The van der Waals surface area contributed by atoms with Crippen molar-refractivity contribution in [1.82, 2.24) is 10.6 Å². The molecule has 0 saturated carbocycles. The molecule has 17 heavy (non-hydrogen) atoms. The first kappa shape index (κ1) is 14.0. The van der Waals surface area contributed by atoms with E-state index >= 15 is 0 Å². The van der Waals surface area contributed by atoms with Crippen molar-refractivity contribution >= 4 is 11.9 Å². The maximum atomic E-state index is 12.0. The van der Waals surface area contributed by atoms with E-state index in [1.165, 1.54) is 0 Å². The highest BCUT2D eigenvalue weighted by atomic mass is 16.4. The summed E-state index contributed by atoms with van der Waals surface area (Å²) in [4.78, 5) is 23.0. The van der Waals surface area contributed by atoms with Crippen LogP contribution in [0, 0.1) is 11.8 Å². The SMILES string of the molecule is CC1CC(C(=O)N[C@H](C(=O)O)C(C)C)CCN1. The monoisotopic (exact) mass is 242 g/mol. The molecule has 0 aromatic carbocycles. The Balaban J connectivity index is 2.54. The van der Waals surface area contributed by atoms with Gasteiger partial charge in [0.15, 0.2) is 0 Å². The first-order valence-corrected chi connectivity index (χ1v) is 6.18. The fourth-order valence-corrected chi connectivity index (χ4v) is 2.15. The van der Waals surface area contributed by atoms with Crippen LogP contribution in [0.2, 0.25) is 0 Å². The number of rotatable bonds is 4. The highest BCUT2D eigenvalue weighted by Gasteiger charge is 2.29. The number of nitrogens with one attached hydrogen (secondary N) is 2. The maximum Gasteiger partial charge on any atom is 0.326 e. The number of amides is 1. The summed E-state index contributed by atoms with van der Waals surface area (Å²) in [5.74, 6) is -1.25. The summed E-state index contributed by atoms with van der Waals surface area (Å²) >= 11 is 0. The molecule has 1 amide bonds. The van der Waals surface area contributed by atoms with Crippen molar-refractivity contribution in [2.45, 2.75) is 45.7 Å². The van der Waals surface area contributed by atoms with E-state index in [9.17, 15) is 9.59 Å². The minimum Gasteiger partial charge on any atom is -0.480 e. The van der Waals surface area contributed by atoms with E-state index in [0.717, 1.165) is 19.4 Å².